The van der Waals surface area contributed by atoms with Gasteiger partial charge in [-0.2, -0.15) is 0 Å². The zero-order chi connectivity index (χ0) is 11.5. The maximum Gasteiger partial charge on any atom is 0.00895 e. The number of unbranched alkanes of at least 4 members (excludes halogenated alkanes) is 5. The van der Waals surface area contributed by atoms with Gasteiger partial charge < -0.3 is 5.32 Å². The Morgan fingerprint density at radius 2 is 1.53 bits per heavy atom. The molecule has 92 valence electrons. The van der Waals surface area contributed by atoms with Crippen LogP contribution < -0.4 is 5.32 Å². The Balaban J connectivity index is 3.38. The van der Waals surface area contributed by atoms with Crippen LogP contribution in [0.5, 0.6) is 0 Å². The minimum atomic E-state index is 0.737. The summed E-state index contributed by atoms with van der Waals surface area (Å²) in [6, 6.07) is 0.737. The molecule has 0 fully saturated rings. The molecule has 0 radical (unpaired) electrons. The van der Waals surface area contributed by atoms with Crippen LogP contribution in [-0.2, 0) is 0 Å². The van der Waals surface area contributed by atoms with Crippen LogP contribution in [0.1, 0.15) is 72.1 Å². The second-order valence-corrected chi connectivity index (χ2v) is 4.84. The van der Waals surface area contributed by atoms with Crippen LogP contribution in [-0.4, -0.2) is 13.1 Å². The summed E-state index contributed by atoms with van der Waals surface area (Å²) in [5, 5.41) is 3.45. The summed E-state index contributed by atoms with van der Waals surface area (Å²) in [4.78, 5) is 0. The van der Waals surface area contributed by atoms with E-state index in [1.165, 1.54) is 51.4 Å². The lowest BCUT2D eigenvalue weighted by Gasteiger charge is -2.22. The molecule has 0 aromatic rings. The van der Waals surface area contributed by atoms with Gasteiger partial charge in [0.05, 0.1) is 0 Å². The van der Waals surface area contributed by atoms with E-state index in [1.54, 1.807) is 0 Å². The lowest BCUT2D eigenvalue weighted by Crippen LogP contribution is -2.31. The summed E-state index contributed by atoms with van der Waals surface area (Å²) in [5.41, 5.74) is 0. The van der Waals surface area contributed by atoms with Gasteiger partial charge in [0.25, 0.3) is 0 Å². The van der Waals surface area contributed by atoms with Gasteiger partial charge in [-0.15, -0.1) is 0 Å². The van der Waals surface area contributed by atoms with Gasteiger partial charge in [0.1, 0.15) is 0 Å². The first-order valence-corrected chi connectivity index (χ1v) is 6.93. The molecule has 1 heteroatoms. The highest BCUT2D eigenvalue weighted by molar-refractivity contribution is 4.70. The predicted octanol–water partition coefficient (Wildman–Crippen LogP) is 4.37. The summed E-state index contributed by atoms with van der Waals surface area (Å²) < 4.78 is 0. The van der Waals surface area contributed by atoms with Crippen LogP contribution in [0.25, 0.3) is 0 Å². The molecule has 1 nitrogen and oxygen atoms in total. The molecule has 0 aromatic heterocycles. The molecule has 0 aliphatic rings. The molecular weight excluding hydrogens is 182 g/mol. The molecule has 0 heterocycles. The fourth-order valence-electron chi connectivity index (χ4n) is 2.14. The summed E-state index contributed by atoms with van der Waals surface area (Å²) >= 11 is 0. The van der Waals surface area contributed by atoms with Crippen LogP contribution in [0.15, 0.2) is 0 Å². The standard InChI is InChI=1S/C14H31N/c1-5-7-8-9-10-11-12-14(15-4)13(3)6-2/h13-15H,5-12H2,1-4H3. The van der Waals surface area contributed by atoms with Gasteiger partial charge in [0.15, 0.2) is 0 Å². The smallest absolute Gasteiger partial charge is 0.00895 e. The highest BCUT2D eigenvalue weighted by atomic mass is 14.9. The van der Waals surface area contributed by atoms with Gasteiger partial charge in [0.2, 0.25) is 0 Å². The summed E-state index contributed by atoms with van der Waals surface area (Å²) in [5.74, 6) is 0.825. The first-order chi connectivity index (χ1) is 7.26. The molecule has 0 saturated carbocycles. The zero-order valence-electron chi connectivity index (χ0n) is 11.3. The summed E-state index contributed by atoms with van der Waals surface area (Å²) in [6.07, 6.45) is 11.1. The molecule has 0 rings (SSSR count). The van der Waals surface area contributed by atoms with Gasteiger partial charge in [-0.3, -0.25) is 0 Å². The average molecular weight is 213 g/mol. The Morgan fingerprint density at radius 3 is 2.07 bits per heavy atom. The predicted molar refractivity (Wildman–Crippen MR) is 70.3 cm³/mol. The highest BCUT2D eigenvalue weighted by Crippen LogP contribution is 2.15. The van der Waals surface area contributed by atoms with Crippen LogP contribution in [0.2, 0.25) is 0 Å². The van der Waals surface area contributed by atoms with Crippen molar-refractivity contribution in [3.63, 3.8) is 0 Å². The van der Waals surface area contributed by atoms with E-state index in [1.807, 2.05) is 0 Å². The van der Waals surface area contributed by atoms with E-state index in [4.69, 9.17) is 0 Å². The van der Waals surface area contributed by atoms with E-state index in [2.05, 4.69) is 33.1 Å². The minimum Gasteiger partial charge on any atom is -0.317 e. The molecule has 0 saturated heterocycles. The molecule has 1 N–H and O–H groups in total. The van der Waals surface area contributed by atoms with E-state index in [0.29, 0.717) is 0 Å². The molecule has 0 aliphatic carbocycles. The van der Waals surface area contributed by atoms with Crippen molar-refractivity contribution in [2.45, 2.75) is 78.2 Å². The molecule has 15 heavy (non-hydrogen) atoms. The number of hydrogen-bond acceptors (Lipinski definition) is 1. The third-order valence-electron chi connectivity index (χ3n) is 3.57. The number of hydrogen-bond donors (Lipinski definition) is 1. The molecule has 2 unspecified atom stereocenters. The first-order valence-electron chi connectivity index (χ1n) is 6.93. The topological polar surface area (TPSA) is 12.0 Å². The second kappa shape index (κ2) is 10.5. The average Bonchev–Trinajstić information content (AvgIpc) is 2.27. The van der Waals surface area contributed by atoms with Crippen molar-refractivity contribution in [3.05, 3.63) is 0 Å². The first kappa shape index (κ1) is 15.0. The molecule has 0 aliphatic heterocycles. The Hall–Kier alpha value is -0.0400. The van der Waals surface area contributed by atoms with Crippen LogP contribution in [0.4, 0.5) is 0 Å². The van der Waals surface area contributed by atoms with E-state index in [-0.39, 0.29) is 0 Å². The van der Waals surface area contributed by atoms with Crippen molar-refractivity contribution >= 4 is 0 Å². The van der Waals surface area contributed by atoms with Crippen molar-refractivity contribution in [1.29, 1.82) is 0 Å². The normalized spacial score (nSPS) is 15.2. The van der Waals surface area contributed by atoms with Crippen molar-refractivity contribution < 1.29 is 0 Å². The fourth-order valence-corrected chi connectivity index (χ4v) is 2.14. The van der Waals surface area contributed by atoms with Crippen molar-refractivity contribution in [2.75, 3.05) is 7.05 Å². The monoisotopic (exact) mass is 213 g/mol. The van der Waals surface area contributed by atoms with Gasteiger partial charge in [-0.25, -0.2) is 0 Å². The molecule has 0 spiro atoms. The van der Waals surface area contributed by atoms with Gasteiger partial charge >= 0.3 is 0 Å². The Labute approximate surface area is 97.0 Å². The zero-order valence-corrected chi connectivity index (χ0v) is 11.3. The summed E-state index contributed by atoms with van der Waals surface area (Å²) in [6.45, 7) is 6.93. The minimum absolute atomic E-state index is 0.737. The largest absolute Gasteiger partial charge is 0.317 e. The molecule has 0 bridgehead atoms. The fraction of sp³-hybridized carbons (Fsp3) is 1.00. The Bertz CT molecular complexity index is 123. The highest BCUT2D eigenvalue weighted by Gasteiger charge is 2.12. The maximum atomic E-state index is 3.45. The number of nitrogens with one attached hydrogen (secondary N) is 1. The van der Waals surface area contributed by atoms with E-state index >= 15 is 0 Å². The van der Waals surface area contributed by atoms with Gasteiger partial charge in [-0.05, 0) is 19.4 Å². The van der Waals surface area contributed by atoms with Crippen LogP contribution in [0.3, 0.4) is 0 Å². The van der Waals surface area contributed by atoms with E-state index in [9.17, 15) is 0 Å². The Kier molecular flexibility index (Phi) is 10.4. The lowest BCUT2D eigenvalue weighted by molar-refractivity contribution is 0.356. The second-order valence-electron chi connectivity index (χ2n) is 4.84. The van der Waals surface area contributed by atoms with Crippen LogP contribution >= 0.6 is 0 Å². The third kappa shape index (κ3) is 7.84. The molecule has 2 atom stereocenters. The van der Waals surface area contributed by atoms with Crippen molar-refractivity contribution in [1.82, 2.24) is 5.32 Å². The molecule has 0 amide bonds. The Morgan fingerprint density at radius 1 is 0.933 bits per heavy atom. The molecule has 0 aromatic carbocycles. The van der Waals surface area contributed by atoms with Crippen molar-refractivity contribution in [3.8, 4) is 0 Å². The van der Waals surface area contributed by atoms with E-state index in [0.717, 1.165) is 12.0 Å². The third-order valence-corrected chi connectivity index (χ3v) is 3.57. The molecular formula is C14H31N. The van der Waals surface area contributed by atoms with E-state index < -0.39 is 0 Å². The summed E-state index contributed by atoms with van der Waals surface area (Å²) in [7, 11) is 2.11. The quantitative estimate of drug-likeness (QED) is 0.531. The van der Waals surface area contributed by atoms with Gasteiger partial charge in [0, 0.05) is 6.04 Å². The SMILES string of the molecule is CCCCCCCCC(NC)C(C)CC. The number of rotatable bonds is 10. The maximum absolute atomic E-state index is 3.45. The van der Waals surface area contributed by atoms with Crippen LogP contribution in [0, 0.1) is 5.92 Å². The van der Waals surface area contributed by atoms with Crippen molar-refractivity contribution in [2.24, 2.45) is 5.92 Å². The lowest BCUT2D eigenvalue weighted by atomic mass is 9.94. The van der Waals surface area contributed by atoms with Gasteiger partial charge in [-0.1, -0.05) is 65.7 Å².